The molecular formula is C15H32N2OS. The zero-order chi connectivity index (χ0) is 14.9. The number of carbonyl (C=O) groups excluding carboxylic acids is 1. The summed E-state index contributed by atoms with van der Waals surface area (Å²) in [5.74, 6) is 0.568. The summed E-state index contributed by atoms with van der Waals surface area (Å²) < 4.78 is -0.0718. The van der Waals surface area contributed by atoms with Gasteiger partial charge in [0.1, 0.15) is 0 Å². The molecule has 0 aliphatic rings. The van der Waals surface area contributed by atoms with Gasteiger partial charge >= 0.3 is 0 Å². The van der Waals surface area contributed by atoms with Gasteiger partial charge in [-0.25, -0.2) is 0 Å². The van der Waals surface area contributed by atoms with Gasteiger partial charge in [-0.2, -0.15) is 11.8 Å². The lowest BCUT2D eigenvalue weighted by Gasteiger charge is -2.33. The van der Waals surface area contributed by atoms with Crippen LogP contribution in [0.4, 0.5) is 0 Å². The minimum atomic E-state index is -0.0756. The molecule has 4 heteroatoms. The van der Waals surface area contributed by atoms with Gasteiger partial charge in [0.05, 0.1) is 6.04 Å². The molecule has 0 aliphatic heterocycles. The van der Waals surface area contributed by atoms with Gasteiger partial charge in [-0.15, -0.1) is 0 Å². The van der Waals surface area contributed by atoms with Crippen LogP contribution in [0.15, 0.2) is 0 Å². The Morgan fingerprint density at radius 3 is 2.47 bits per heavy atom. The molecule has 3 nitrogen and oxygen atoms in total. The fourth-order valence-corrected chi connectivity index (χ4v) is 2.48. The van der Waals surface area contributed by atoms with Crippen LogP contribution in [-0.4, -0.2) is 35.9 Å². The SMILES string of the molecule is CCCCCNC(C(=O)CC(C)CN)C(C)(C)SC. The second-order valence-electron chi connectivity index (χ2n) is 5.91. The summed E-state index contributed by atoms with van der Waals surface area (Å²) in [5.41, 5.74) is 5.62. The summed E-state index contributed by atoms with van der Waals surface area (Å²) >= 11 is 1.75. The van der Waals surface area contributed by atoms with Crippen LogP contribution in [0, 0.1) is 5.92 Å². The third-order valence-corrected chi connectivity index (χ3v) is 4.91. The first kappa shape index (κ1) is 18.9. The number of nitrogens with two attached hydrogens (primary N) is 1. The van der Waals surface area contributed by atoms with Crippen LogP contribution in [0.25, 0.3) is 0 Å². The Bertz CT molecular complexity index is 257. The molecule has 114 valence electrons. The molecule has 19 heavy (non-hydrogen) atoms. The first-order valence-electron chi connectivity index (χ1n) is 7.40. The molecule has 2 unspecified atom stereocenters. The van der Waals surface area contributed by atoms with Crippen LogP contribution in [-0.2, 0) is 4.79 Å². The molecule has 0 aliphatic carbocycles. The van der Waals surface area contributed by atoms with Gasteiger partial charge in [-0.05, 0) is 45.5 Å². The smallest absolute Gasteiger partial charge is 0.151 e. The van der Waals surface area contributed by atoms with Gasteiger partial charge in [0.2, 0.25) is 0 Å². The first-order valence-corrected chi connectivity index (χ1v) is 8.62. The third-order valence-electron chi connectivity index (χ3n) is 3.62. The molecule has 0 saturated carbocycles. The lowest BCUT2D eigenvalue weighted by atomic mass is 9.92. The summed E-state index contributed by atoms with van der Waals surface area (Å²) in [4.78, 5) is 12.5. The van der Waals surface area contributed by atoms with Crippen LogP contribution in [0.2, 0.25) is 0 Å². The highest BCUT2D eigenvalue weighted by Gasteiger charge is 2.34. The minimum absolute atomic E-state index is 0.0718. The molecule has 0 aromatic heterocycles. The average molecular weight is 289 g/mol. The second kappa shape index (κ2) is 9.78. The lowest BCUT2D eigenvalue weighted by Crippen LogP contribution is -2.51. The Morgan fingerprint density at radius 1 is 1.37 bits per heavy atom. The van der Waals surface area contributed by atoms with Crippen molar-refractivity contribution in [1.29, 1.82) is 0 Å². The first-order chi connectivity index (χ1) is 8.88. The second-order valence-corrected chi connectivity index (χ2v) is 7.37. The maximum atomic E-state index is 12.5. The van der Waals surface area contributed by atoms with Crippen molar-refractivity contribution < 1.29 is 4.79 Å². The number of carbonyl (C=O) groups is 1. The van der Waals surface area contributed by atoms with E-state index >= 15 is 0 Å². The summed E-state index contributed by atoms with van der Waals surface area (Å²) in [5, 5.41) is 3.46. The third kappa shape index (κ3) is 7.33. The number of nitrogens with one attached hydrogen (secondary N) is 1. The van der Waals surface area contributed by atoms with Crippen LogP contribution in [0.1, 0.15) is 53.4 Å². The topological polar surface area (TPSA) is 55.1 Å². The fraction of sp³-hybridized carbons (Fsp3) is 0.933. The molecule has 0 heterocycles. The van der Waals surface area contributed by atoms with Gasteiger partial charge in [0.15, 0.2) is 5.78 Å². The van der Waals surface area contributed by atoms with Gasteiger partial charge in [0.25, 0.3) is 0 Å². The highest BCUT2D eigenvalue weighted by molar-refractivity contribution is 8.00. The van der Waals surface area contributed by atoms with Gasteiger partial charge in [-0.1, -0.05) is 26.7 Å². The zero-order valence-corrected chi connectivity index (χ0v) is 14.1. The fourth-order valence-electron chi connectivity index (χ4n) is 2.03. The van der Waals surface area contributed by atoms with E-state index in [1.807, 2.05) is 6.92 Å². The Kier molecular flexibility index (Phi) is 9.75. The van der Waals surface area contributed by atoms with E-state index in [0.29, 0.717) is 18.7 Å². The number of unbranched alkanes of at least 4 members (excludes halogenated alkanes) is 2. The number of ketones is 1. The normalized spacial score (nSPS) is 15.3. The molecule has 3 N–H and O–H groups in total. The van der Waals surface area contributed by atoms with E-state index in [2.05, 4.69) is 32.3 Å². The standard InChI is InChI=1S/C15H32N2OS/c1-6-7-8-9-17-14(15(3,4)19-5)13(18)10-12(2)11-16/h12,14,17H,6-11,16H2,1-5H3. The highest BCUT2D eigenvalue weighted by Crippen LogP contribution is 2.27. The van der Waals surface area contributed by atoms with Crippen molar-refractivity contribution in [2.45, 2.75) is 64.2 Å². The summed E-state index contributed by atoms with van der Waals surface area (Å²) in [6, 6.07) is -0.0756. The summed E-state index contributed by atoms with van der Waals surface area (Å²) in [6.45, 7) is 10.0. The molecule has 0 spiro atoms. The molecule has 0 fully saturated rings. The maximum Gasteiger partial charge on any atom is 0.151 e. The van der Waals surface area contributed by atoms with E-state index in [-0.39, 0.29) is 16.7 Å². The number of rotatable bonds is 11. The van der Waals surface area contributed by atoms with E-state index < -0.39 is 0 Å². The molecule has 0 rings (SSSR count). The van der Waals surface area contributed by atoms with Gasteiger partial charge in [0, 0.05) is 11.2 Å². The van der Waals surface area contributed by atoms with Crippen LogP contribution in [0.5, 0.6) is 0 Å². The van der Waals surface area contributed by atoms with Crippen LogP contribution < -0.4 is 11.1 Å². The molecule has 0 bridgehead atoms. The van der Waals surface area contributed by atoms with E-state index in [9.17, 15) is 4.79 Å². The Hall–Kier alpha value is -0.0600. The zero-order valence-electron chi connectivity index (χ0n) is 13.3. The molecule has 2 atom stereocenters. The average Bonchev–Trinajstić information content (AvgIpc) is 2.37. The quantitative estimate of drug-likeness (QED) is 0.574. The minimum Gasteiger partial charge on any atom is -0.330 e. The van der Waals surface area contributed by atoms with Gasteiger partial charge < -0.3 is 11.1 Å². The van der Waals surface area contributed by atoms with E-state index in [1.165, 1.54) is 12.8 Å². The van der Waals surface area contributed by atoms with Crippen molar-refractivity contribution in [3.63, 3.8) is 0 Å². The van der Waals surface area contributed by atoms with Crippen molar-refractivity contribution >= 4 is 17.5 Å². The van der Waals surface area contributed by atoms with Crippen LogP contribution in [0.3, 0.4) is 0 Å². The molecule has 0 saturated heterocycles. The Morgan fingerprint density at radius 2 is 2.00 bits per heavy atom. The van der Waals surface area contributed by atoms with Gasteiger partial charge in [-0.3, -0.25) is 4.79 Å². The van der Waals surface area contributed by atoms with Crippen molar-refractivity contribution in [1.82, 2.24) is 5.32 Å². The summed E-state index contributed by atoms with van der Waals surface area (Å²) in [6.07, 6.45) is 6.20. The number of thioether (sulfide) groups is 1. The molecular weight excluding hydrogens is 256 g/mol. The Labute approximate surface area is 123 Å². The van der Waals surface area contributed by atoms with Crippen LogP contribution >= 0.6 is 11.8 Å². The van der Waals surface area contributed by atoms with Crippen molar-refractivity contribution in [3.8, 4) is 0 Å². The molecule has 0 amide bonds. The lowest BCUT2D eigenvalue weighted by molar-refractivity contribution is -0.122. The van der Waals surface area contributed by atoms with Crippen molar-refractivity contribution in [3.05, 3.63) is 0 Å². The number of Topliss-reactive ketones (excluding diaryl/α,β-unsaturated/α-hetero) is 1. The maximum absolute atomic E-state index is 12.5. The number of hydrogen-bond acceptors (Lipinski definition) is 4. The monoisotopic (exact) mass is 288 g/mol. The number of hydrogen-bond donors (Lipinski definition) is 2. The molecule has 0 radical (unpaired) electrons. The van der Waals surface area contributed by atoms with Crippen molar-refractivity contribution in [2.24, 2.45) is 11.7 Å². The van der Waals surface area contributed by atoms with E-state index in [0.717, 1.165) is 13.0 Å². The van der Waals surface area contributed by atoms with E-state index in [4.69, 9.17) is 5.73 Å². The highest BCUT2D eigenvalue weighted by atomic mass is 32.2. The molecule has 0 aromatic carbocycles. The van der Waals surface area contributed by atoms with Crippen molar-refractivity contribution in [2.75, 3.05) is 19.3 Å². The molecule has 0 aromatic rings. The predicted molar refractivity (Wildman–Crippen MR) is 86.8 cm³/mol. The van der Waals surface area contributed by atoms with E-state index in [1.54, 1.807) is 11.8 Å². The summed E-state index contributed by atoms with van der Waals surface area (Å²) in [7, 11) is 0. The largest absolute Gasteiger partial charge is 0.330 e. The Balaban J connectivity index is 4.53. The predicted octanol–water partition coefficient (Wildman–Crippen LogP) is 2.83.